The van der Waals surface area contributed by atoms with Crippen LogP contribution >= 0.6 is 11.8 Å². The van der Waals surface area contributed by atoms with Crippen molar-refractivity contribution in [1.29, 1.82) is 0 Å². The lowest BCUT2D eigenvalue weighted by molar-refractivity contribution is -0.117. The van der Waals surface area contributed by atoms with Crippen LogP contribution in [0.1, 0.15) is 12.0 Å². The van der Waals surface area contributed by atoms with E-state index in [9.17, 15) is 9.00 Å². The van der Waals surface area contributed by atoms with Crippen LogP contribution < -0.4 is 0 Å². The first-order valence-electron chi connectivity index (χ1n) is 5.07. The predicted octanol–water partition coefficient (Wildman–Crippen LogP) is 2.26. The highest BCUT2D eigenvalue weighted by Crippen LogP contribution is 2.14. The fourth-order valence-electron chi connectivity index (χ4n) is 1.48. The number of thioether (sulfide) groups is 1. The van der Waals surface area contributed by atoms with Gasteiger partial charge in [-0.1, -0.05) is 30.3 Å². The molecule has 1 aromatic carbocycles. The fourth-order valence-corrected chi connectivity index (χ4v) is 3.44. The summed E-state index contributed by atoms with van der Waals surface area (Å²) in [6.07, 6.45) is 4.61. The van der Waals surface area contributed by atoms with E-state index in [4.69, 9.17) is 0 Å². The van der Waals surface area contributed by atoms with E-state index in [2.05, 4.69) is 0 Å². The van der Waals surface area contributed by atoms with Crippen molar-refractivity contribution in [3.63, 3.8) is 0 Å². The van der Waals surface area contributed by atoms with Crippen molar-refractivity contribution in [2.24, 2.45) is 0 Å². The van der Waals surface area contributed by atoms with Crippen molar-refractivity contribution in [2.75, 3.05) is 12.5 Å². The minimum absolute atomic E-state index is 0.0807. The molecule has 16 heavy (non-hydrogen) atoms. The molecule has 0 amide bonds. The first-order chi connectivity index (χ1) is 7.65. The second kappa shape index (κ2) is 6.86. The Labute approximate surface area is 103 Å². The van der Waals surface area contributed by atoms with E-state index in [0.717, 1.165) is 12.0 Å². The van der Waals surface area contributed by atoms with Crippen LogP contribution in [0.15, 0.2) is 30.3 Å². The molecule has 4 heteroatoms. The molecule has 0 aliphatic heterocycles. The standard InChI is InChI=1S/C12H16O2S2/c1-15-12(16(2)14)11(13)9-8-10-6-4-3-5-7-10/h3-7,12H,8-9H2,1-2H3. The third-order valence-electron chi connectivity index (χ3n) is 2.28. The van der Waals surface area contributed by atoms with Crippen LogP contribution in [-0.2, 0) is 22.0 Å². The first-order valence-corrected chi connectivity index (χ1v) is 7.97. The molecular weight excluding hydrogens is 240 g/mol. The Morgan fingerprint density at radius 3 is 2.50 bits per heavy atom. The molecule has 2 nitrogen and oxygen atoms in total. The maximum Gasteiger partial charge on any atom is 0.158 e. The Balaban J connectivity index is 2.49. The highest BCUT2D eigenvalue weighted by Gasteiger charge is 2.20. The predicted molar refractivity (Wildman–Crippen MR) is 71.1 cm³/mol. The highest BCUT2D eigenvalue weighted by atomic mass is 32.2. The van der Waals surface area contributed by atoms with Gasteiger partial charge in [0.1, 0.15) is 4.58 Å². The molecule has 0 heterocycles. The van der Waals surface area contributed by atoms with Gasteiger partial charge in [0, 0.05) is 23.5 Å². The van der Waals surface area contributed by atoms with Gasteiger partial charge < -0.3 is 0 Å². The molecular formula is C12H16O2S2. The third kappa shape index (κ3) is 4.10. The molecule has 88 valence electrons. The lowest BCUT2D eigenvalue weighted by Crippen LogP contribution is -2.21. The molecule has 1 aromatic rings. The maximum absolute atomic E-state index is 11.8. The molecule has 1 rings (SSSR count). The zero-order chi connectivity index (χ0) is 12.0. The Bertz CT molecular complexity index is 363. The van der Waals surface area contributed by atoms with Crippen molar-refractivity contribution in [2.45, 2.75) is 17.4 Å². The van der Waals surface area contributed by atoms with Crippen molar-refractivity contribution in [3.05, 3.63) is 35.9 Å². The van der Waals surface area contributed by atoms with Gasteiger partial charge in [0.25, 0.3) is 0 Å². The Kier molecular flexibility index (Phi) is 5.77. The lowest BCUT2D eigenvalue weighted by Gasteiger charge is -2.09. The normalized spacial score (nSPS) is 14.4. The van der Waals surface area contributed by atoms with Gasteiger partial charge in [0.15, 0.2) is 5.78 Å². The van der Waals surface area contributed by atoms with E-state index in [1.54, 1.807) is 6.26 Å². The van der Waals surface area contributed by atoms with Gasteiger partial charge in [0.2, 0.25) is 0 Å². The molecule has 0 fully saturated rings. The Morgan fingerprint density at radius 2 is 2.00 bits per heavy atom. The molecule has 0 spiro atoms. The summed E-state index contributed by atoms with van der Waals surface area (Å²) >= 11 is 1.37. The topological polar surface area (TPSA) is 34.1 Å². The van der Waals surface area contributed by atoms with Crippen LogP contribution in [-0.4, -0.2) is 27.1 Å². The molecule has 0 saturated heterocycles. The molecule has 0 aliphatic carbocycles. The summed E-state index contributed by atoms with van der Waals surface area (Å²) in [6, 6.07) is 9.89. The molecule has 0 aliphatic rings. The monoisotopic (exact) mass is 256 g/mol. The number of carbonyl (C=O) groups excluding carboxylic acids is 1. The molecule has 0 N–H and O–H groups in total. The van der Waals surface area contributed by atoms with E-state index in [1.807, 2.05) is 36.6 Å². The van der Waals surface area contributed by atoms with Gasteiger partial charge in [-0.05, 0) is 18.2 Å². The second-order valence-corrected chi connectivity index (χ2v) is 6.23. The van der Waals surface area contributed by atoms with E-state index in [0.29, 0.717) is 6.42 Å². The van der Waals surface area contributed by atoms with E-state index in [-0.39, 0.29) is 10.4 Å². The summed E-state index contributed by atoms with van der Waals surface area (Å²) in [6.45, 7) is 0. The number of aryl methyl sites for hydroxylation is 1. The van der Waals surface area contributed by atoms with E-state index in [1.165, 1.54) is 11.8 Å². The Morgan fingerprint density at radius 1 is 1.38 bits per heavy atom. The van der Waals surface area contributed by atoms with Gasteiger partial charge in [-0.25, -0.2) is 0 Å². The van der Waals surface area contributed by atoms with Gasteiger partial charge in [-0.3, -0.25) is 9.00 Å². The van der Waals surface area contributed by atoms with Gasteiger partial charge >= 0.3 is 0 Å². The number of benzene rings is 1. The van der Waals surface area contributed by atoms with Crippen LogP contribution in [0.2, 0.25) is 0 Å². The lowest BCUT2D eigenvalue weighted by atomic mass is 10.1. The van der Waals surface area contributed by atoms with Crippen LogP contribution in [0.3, 0.4) is 0 Å². The summed E-state index contributed by atoms with van der Waals surface area (Å²) in [4.78, 5) is 11.8. The number of rotatable bonds is 6. The van der Waals surface area contributed by atoms with Crippen molar-refractivity contribution in [3.8, 4) is 0 Å². The second-order valence-electron chi connectivity index (χ2n) is 3.52. The molecule has 0 aromatic heterocycles. The molecule has 0 radical (unpaired) electrons. The summed E-state index contributed by atoms with van der Waals surface area (Å²) < 4.78 is 10.9. The number of hydrogen-bond acceptors (Lipinski definition) is 3. The van der Waals surface area contributed by atoms with Crippen LogP contribution in [0.4, 0.5) is 0 Å². The maximum atomic E-state index is 11.8. The van der Waals surface area contributed by atoms with Gasteiger partial charge in [0.05, 0.1) is 0 Å². The number of carbonyl (C=O) groups is 1. The highest BCUT2D eigenvalue weighted by molar-refractivity contribution is 8.11. The quantitative estimate of drug-likeness (QED) is 0.783. The summed E-state index contributed by atoms with van der Waals surface area (Å²) in [5.41, 5.74) is 1.15. The number of Topliss-reactive ketones (excluding diaryl/α,β-unsaturated/α-hetero) is 1. The van der Waals surface area contributed by atoms with Crippen molar-refractivity contribution >= 4 is 28.3 Å². The van der Waals surface area contributed by atoms with E-state index >= 15 is 0 Å². The third-order valence-corrected chi connectivity index (χ3v) is 5.23. The molecule has 2 unspecified atom stereocenters. The van der Waals surface area contributed by atoms with Crippen LogP contribution in [0.5, 0.6) is 0 Å². The zero-order valence-corrected chi connectivity index (χ0v) is 11.1. The van der Waals surface area contributed by atoms with Crippen molar-refractivity contribution < 1.29 is 9.00 Å². The van der Waals surface area contributed by atoms with Gasteiger partial charge in [-0.15, -0.1) is 11.8 Å². The Hall–Kier alpha value is -0.610. The number of ketones is 1. The summed E-state index contributed by atoms with van der Waals surface area (Å²) in [5, 5.41) is 0. The van der Waals surface area contributed by atoms with Crippen molar-refractivity contribution in [1.82, 2.24) is 0 Å². The molecule has 2 atom stereocenters. The SMILES string of the molecule is CSC(C(=O)CCc1ccccc1)S(C)=O. The largest absolute Gasteiger partial charge is 0.297 e. The average Bonchev–Trinajstić information content (AvgIpc) is 2.28. The smallest absolute Gasteiger partial charge is 0.158 e. The van der Waals surface area contributed by atoms with E-state index < -0.39 is 10.8 Å². The minimum Gasteiger partial charge on any atom is -0.297 e. The van der Waals surface area contributed by atoms with Crippen LogP contribution in [0.25, 0.3) is 0 Å². The average molecular weight is 256 g/mol. The molecule has 0 bridgehead atoms. The number of hydrogen-bond donors (Lipinski definition) is 0. The zero-order valence-electron chi connectivity index (χ0n) is 9.51. The fraction of sp³-hybridized carbons (Fsp3) is 0.417. The summed E-state index contributed by atoms with van der Waals surface area (Å²) in [5.74, 6) is 0.0807. The first kappa shape index (κ1) is 13.5. The van der Waals surface area contributed by atoms with Crippen LogP contribution in [0, 0.1) is 0 Å². The summed E-state index contributed by atoms with van der Waals surface area (Å²) in [7, 11) is -1.08. The minimum atomic E-state index is -1.08. The van der Waals surface area contributed by atoms with Gasteiger partial charge in [-0.2, -0.15) is 0 Å². The molecule has 0 saturated carbocycles.